The second-order valence-corrected chi connectivity index (χ2v) is 9.36. The number of anilines is 1. The number of benzene rings is 3. The Morgan fingerprint density at radius 3 is 1.82 bits per heavy atom. The zero-order valence-electron chi connectivity index (χ0n) is 21.7. The number of nitrogens with one attached hydrogen (secondary N) is 2. The zero-order chi connectivity index (χ0) is 27.5. The summed E-state index contributed by atoms with van der Waals surface area (Å²) in [6.45, 7) is 3.49. The lowest BCUT2D eigenvalue weighted by molar-refractivity contribution is -0.144. The number of hydrogen-bond acceptors (Lipinski definition) is 5. The van der Waals surface area contributed by atoms with Gasteiger partial charge >= 0.3 is 0 Å². The van der Waals surface area contributed by atoms with Crippen molar-refractivity contribution in [3.63, 3.8) is 0 Å². The van der Waals surface area contributed by atoms with Crippen LogP contribution in [0.25, 0.3) is 0 Å². The van der Waals surface area contributed by atoms with Gasteiger partial charge in [0.25, 0.3) is 5.91 Å². The molecule has 0 aliphatic heterocycles. The number of carbonyl (C=O) groups excluding carboxylic acids is 3. The van der Waals surface area contributed by atoms with Crippen molar-refractivity contribution in [1.29, 1.82) is 0 Å². The number of hydroxylamine groups is 1. The lowest BCUT2D eigenvalue weighted by Gasteiger charge is -2.22. The smallest absolute Gasteiger partial charge is 0.265 e. The number of amides is 3. The first-order chi connectivity index (χ1) is 18.3. The van der Waals surface area contributed by atoms with Crippen LogP contribution in [0.4, 0.5) is 10.1 Å². The van der Waals surface area contributed by atoms with E-state index >= 15 is 0 Å². The van der Waals surface area contributed by atoms with Crippen LogP contribution in [0.3, 0.4) is 0 Å². The van der Waals surface area contributed by atoms with Gasteiger partial charge in [-0.3, -0.25) is 24.5 Å². The lowest BCUT2D eigenvalue weighted by Crippen LogP contribution is -2.40. The number of hydrogen-bond donors (Lipinski definition) is 3. The summed E-state index contributed by atoms with van der Waals surface area (Å²) >= 11 is 0. The number of imide groups is 1. The van der Waals surface area contributed by atoms with Gasteiger partial charge in [0.1, 0.15) is 11.9 Å². The highest BCUT2D eigenvalue weighted by Gasteiger charge is 2.23. The number of halogens is 1. The quantitative estimate of drug-likeness (QED) is 0.182. The van der Waals surface area contributed by atoms with E-state index in [9.17, 15) is 24.0 Å². The highest BCUT2D eigenvalue weighted by atomic mass is 19.1. The Labute approximate surface area is 222 Å². The maximum absolute atomic E-state index is 14.0. The molecule has 1 atom stereocenters. The molecule has 38 heavy (non-hydrogen) atoms. The Morgan fingerprint density at radius 1 is 0.842 bits per heavy atom. The molecular weight excluding hydrogens is 485 g/mol. The molecule has 200 valence electrons. The molecule has 0 bridgehead atoms. The molecule has 1 unspecified atom stereocenters. The fourth-order valence-corrected chi connectivity index (χ4v) is 4.32. The largest absolute Gasteiger partial charge is 0.374 e. The first-order valence-corrected chi connectivity index (χ1v) is 12.7. The standard InChI is InChI=1S/C30H34FN3O4/c1-21-17-25(18-22(2)29(21)31)32-26(30(37)33-38)15-9-10-16-34(27(35)19-23-11-5-3-6-12-23)28(36)20-24-13-7-4-8-14-24/h3-8,11-14,17-18,26,32,38H,9-10,15-16,19-20H2,1-2H3,(H,33,37). The van der Waals surface area contributed by atoms with Gasteiger partial charge in [0, 0.05) is 12.2 Å². The summed E-state index contributed by atoms with van der Waals surface area (Å²) in [5.74, 6) is -1.49. The minimum Gasteiger partial charge on any atom is -0.374 e. The molecule has 3 amide bonds. The van der Waals surface area contributed by atoms with Crippen molar-refractivity contribution in [3.8, 4) is 0 Å². The van der Waals surface area contributed by atoms with E-state index in [1.54, 1.807) is 31.5 Å². The third-order valence-electron chi connectivity index (χ3n) is 6.33. The number of unbranched alkanes of at least 4 members (excludes halogenated alkanes) is 1. The van der Waals surface area contributed by atoms with Crippen molar-refractivity contribution < 1.29 is 24.0 Å². The van der Waals surface area contributed by atoms with Crippen LogP contribution in [0.5, 0.6) is 0 Å². The van der Waals surface area contributed by atoms with Crippen molar-refractivity contribution in [2.45, 2.75) is 52.0 Å². The van der Waals surface area contributed by atoms with Gasteiger partial charge in [-0.25, -0.2) is 9.87 Å². The predicted octanol–water partition coefficient (Wildman–Crippen LogP) is 4.74. The van der Waals surface area contributed by atoms with Crippen LogP contribution in [-0.4, -0.2) is 40.4 Å². The number of carbonyl (C=O) groups is 3. The van der Waals surface area contributed by atoms with Crippen LogP contribution in [0.1, 0.15) is 41.5 Å². The SMILES string of the molecule is Cc1cc(NC(CCCCN(C(=O)Cc2ccccc2)C(=O)Cc2ccccc2)C(=O)NO)cc(C)c1F. The molecule has 8 heteroatoms. The summed E-state index contributed by atoms with van der Waals surface area (Å²) in [6.07, 6.45) is 1.52. The fraction of sp³-hybridized carbons (Fsp3) is 0.300. The van der Waals surface area contributed by atoms with Crippen LogP contribution < -0.4 is 10.8 Å². The van der Waals surface area contributed by atoms with Gasteiger partial charge in [-0.2, -0.15) is 0 Å². The third kappa shape index (κ3) is 8.24. The average molecular weight is 520 g/mol. The highest BCUT2D eigenvalue weighted by molar-refractivity contribution is 5.97. The molecule has 0 radical (unpaired) electrons. The molecule has 0 saturated carbocycles. The Balaban J connectivity index is 1.65. The van der Waals surface area contributed by atoms with Gasteiger partial charge in [-0.05, 0) is 67.5 Å². The summed E-state index contributed by atoms with van der Waals surface area (Å²) in [5, 5.41) is 12.3. The Kier molecular flexibility index (Phi) is 10.5. The van der Waals surface area contributed by atoms with E-state index in [0.29, 0.717) is 36.1 Å². The maximum Gasteiger partial charge on any atom is 0.265 e. The van der Waals surface area contributed by atoms with Crippen LogP contribution in [0.15, 0.2) is 72.8 Å². The topological polar surface area (TPSA) is 98.7 Å². The first-order valence-electron chi connectivity index (χ1n) is 12.7. The number of rotatable bonds is 12. The molecule has 0 fully saturated rings. The van der Waals surface area contributed by atoms with Gasteiger partial charge in [0.05, 0.1) is 12.8 Å². The van der Waals surface area contributed by atoms with Crippen molar-refractivity contribution in [3.05, 3.63) is 101 Å². The van der Waals surface area contributed by atoms with Gasteiger partial charge in [-0.1, -0.05) is 60.7 Å². The molecule has 0 spiro atoms. The van der Waals surface area contributed by atoms with Crippen molar-refractivity contribution >= 4 is 23.4 Å². The number of aryl methyl sites for hydroxylation is 2. The van der Waals surface area contributed by atoms with Gasteiger partial charge < -0.3 is 5.32 Å². The molecule has 3 aromatic carbocycles. The molecule has 0 aliphatic carbocycles. The normalized spacial score (nSPS) is 11.5. The third-order valence-corrected chi connectivity index (χ3v) is 6.33. The second-order valence-electron chi connectivity index (χ2n) is 9.36. The molecule has 7 nitrogen and oxygen atoms in total. The summed E-state index contributed by atoms with van der Waals surface area (Å²) in [5.41, 5.74) is 4.77. The van der Waals surface area contributed by atoms with Crippen LogP contribution >= 0.6 is 0 Å². The van der Waals surface area contributed by atoms with Crippen LogP contribution in [-0.2, 0) is 27.2 Å². The van der Waals surface area contributed by atoms with Crippen LogP contribution in [0.2, 0.25) is 0 Å². The Bertz CT molecular complexity index is 1160. The fourth-order valence-electron chi connectivity index (χ4n) is 4.32. The van der Waals surface area contributed by atoms with E-state index in [4.69, 9.17) is 0 Å². The van der Waals surface area contributed by atoms with Crippen molar-refractivity contribution in [2.24, 2.45) is 0 Å². The second kappa shape index (κ2) is 14.0. The molecule has 0 saturated heterocycles. The molecular formula is C30H34FN3O4. The predicted molar refractivity (Wildman–Crippen MR) is 144 cm³/mol. The van der Waals surface area contributed by atoms with E-state index < -0.39 is 11.9 Å². The molecule has 0 heterocycles. The monoisotopic (exact) mass is 519 g/mol. The minimum absolute atomic E-state index is 0.113. The van der Waals surface area contributed by atoms with Gasteiger partial charge in [-0.15, -0.1) is 0 Å². The van der Waals surface area contributed by atoms with E-state index in [1.165, 1.54) is 4.90 Å². The summed E-state index contributed by atoms with van der Waals surface area (Å²) in [7, 11) is 0. The molecule has 3 rings (SSSR count). The van der Waals surface area contributed by atoms with Gasteiger partial charge in [0.15, 0.2) is 0 Å². The minimum atomic E-state index is -0.780. The Morgan fingerprint density at radius 2 is 1.34 bits per heavy atom. The number of nitrogens with zero attached hydrogens (tertiary/aromatic N) is 1. The van der Waals surface area contributed by atoms with Crippen LogP contribution in [0, 0.1) is 19.7 Å². The zero-order valence-corrected chi connectivity index (χ0v) is 21.7. The lowest BCUT2D eigenvalue weighted by atomic mass is 10.1. The Hall–Kier alpha value is -4.04. The van der Waals surface area contributed by atoms with Crippen molar-refractivity contribution in [2.75, 3.05) is 11.9 Å². The first kappa shape index (κ1) is 28.5. The maximum atomic E-state index is 14.0. The molecule has 0 aromatic heterocycles. The van der Waals surface area contributed by atoms with E-state index in [0.717, 1.165) is 11.1 Å². The summed E-state index contributed by atoms with van der Waals surface area (Å²) in [4.78, 5) is 39.8. The highest BCUT2D eigenvalue weighted by Crippen LogP contribution is 2.20. The molecule has 3 aromatic rings. The van der Waals surface area contributed by atoms with E-state index in [2.05, 4.69) is 5.32 Å². The van der Waals surface area contributed by atoms with E-state index in [1.807, 2.05) is 60.7 Å². The summed E-state index contributed by atoms with van der Waals surface area (Å²) < 4.78 is 14.0. The summed E-state index contributed by atoms with van der Waals surface area (Å²) in [6, 6.07) is 21.0. The molecule has 3 N–H and O–H groups in total. The van der Waals surface area contributed by atoms with Crippen molar-refractivity contribution in [1.82, 2.24) is 10.4 Å². The van der Waals surface area contributed by atoms with Gasteiger partial charge in [0.2, 0.25) is 11.8 Å². The van der Waals surface area contributed by atoms with E-state index in [-0.39, 0.29) is 37.0 Å². The molecule has 0 aliphatic rings. The average Bonchev–Trinajstić information content (AvgIpc) is 2.91.